The summed E-state index contributed by atoms with van der Waals surface area (Å²) in [6.07, 6.45) is 0. The molecule has 0 fully saturated rings. The van der Waals surface area contributed by atoms with Crippen molar-refractivity contribution in [2.24, 2.45) is 0 Å². The van der Waals surface area contributed by atoms with Gasteiger partial charge in [-0.25, -0.2) is 0 Å². The molecule has 2 amide bonds. The first kappa shape index (κ1) is 11.4. The molecule has 0 bridgehead atoms. The van der Waals surface area contributed by atoms with Crippen LogP contribution in [0.25, 0.3) is 0 Å². The summed E-state index contributed by atoms with van der Waals surface area (Å²) >= 11 is 4.24. The van der Waals surface area contributed by atoms with Crippen molar-refractivity contribution < 1.29 is 43.1 Å². The van der Waals surface area contributed by atoms with E-state index in [0.29, 0.717) is 31.5 Å². The van der Waals surface area contributed by atoms with E-state index in [9.17, 15) is 9.59 Å². The predicted octanol–water partition coefficient (Wildman–Crippen LogP) is -1.46. The summed E-state index contributed by atoms with van der Waals surface area (Å²) < 4.78 is 4.62. The molecule has 0 rings (SSSR count). The Morgan fingerprint density at radius 2 is 1.91 bits per heavy atom. The molecule has 0 aromatic heterocycles. The van der Waals surface area contributed by atoms with Crippen molar-refractivity contribution in [3.63, 3.8) is 0 Å². The molecule has 0 aliphatic rings. The van der Waals surface area contributed by atoms with Gasteiger partial charge in [0.15, 0.2) is 0 Å². The van der Waals surface area contributed by atoms with Gasteiger partial charge in [-0.15, -0.1) is 0 Å². The fraction of sp³-hybridized carbons (Fsp3) is 0.500. The van der Waals surface area contributed by atoms with Crippen LogP contribution in [0.1, 0.15) is 0 Å². The number of hydrogen-bond acceptors (Lipinski definition) is 4. The van der Waals surface area contributed by atoms with Gasteiger partial charge in [-0.05, 0) is 0 Å². The molecule has 60 valence electrons. The molecule has 2 N–H and O–H groups in total. The van der Waals surface area contributed by atoms with E-state index in [1.165, 1.54) is 0 Å². The molecule has 5 nitrogen and oxygen atoms in total. The number of carbonyl (C=O) groups excluding carboxylic acids is 2. The van der Waals surface area contributed by atoms with E-state index in [4.69, 9.17) is 0 Å². The first-order valence-corrected chi connectivity index (χ1v) is 4.50. The Morgan fingerprint density at radius 3 is 2.36 bits per heavy atom. The normalized spacial score (nSPS) is 8.73. The van der Waals surface area contributed by atoms with Crippen molar-refractivity contribution in [2.75, 3.05) is 12.4 Å². The van der Waals surface area contributed by atoms with Crippen LogP contribution in [0.15, 0.2) is 0 Å². The molecule has 0 saturated carbocycles. The van der Waals surface area contributed by atoms with E-state index >= 15 is 0 Å². The number of rotatable bonds is 3. The average Bonchev–Trinajstić information content (AvgIpc) is 2.01. The molecule has 0 aliphatic carbocycles. The van der Waals surface area contributed by atoms with Crippen LogP contribution >= 0.6 is 12.6 Å². The summed E-state index contributed by atoms with van der Waals surface area (Å²) in [6.45, 7) is -0.0188. The Kier molecular flexibility index (Phi) is 7.25. The predicted molar refractivity (Wildman–Crippen MR) is 36.1 cm³/mol. The summed E-state index contributed by atoms with van der Waals surface area (Å²) in [6, 6.07) is 0. The summed E-state index contributed by atoms with van der Waals surface area (Å²) in [5.74, 6) is -0.677. The zero-order chi connectivity index (χ0) is 8.69. The van der Waals surface area contributed by atoms with Gasteiger partial charge >= 0.3 is 90.8 Å². The van der Waals surface area contributed by atoms with E-state index in [1.807, 2.05) is 0 Å². The molecule has 0 aromatic carbocycles. The minimum atomic E-state index is -0.368. The molecule has 0 atom stereocenters. The van der Waals surface area contributed by atoms with E-state index in [2.05, 4.69) is 25.5 Å². The first-order valence-electron chi connectivity index (χ1n) is 2.71. The van der Waals surface area contributed by atoms with Gasteiger partial charge in [0.05, 0.1) is 0 Å². The number of carbonyl (C=O) groups is 2. The molecule has 0 radical (unpaired) electrons. The second-order valence-electron chi connectivity index (χ2n) is 1.57. The van der Waals surface area contributed by atoms with E-state index in [-0.39, 0.29) is 24.2 Å². The van der Waals surface area contributed by atoms with Gasteiger partial charge < -0.3 is 0 Å². The molecule has 0 spiro atoms. The van der Waals surface area contributed by atoms with Crippen molar-refractivity contribution in [1.82, 2.24) is 10.9 Å². The Hall–Kier alpha value is 0.354. The van der Waals surface area contributed by atoms with Gasteiger partial charge in [-0.2, -0.15) is 0 Å². The molecular formula is C4H7N2O3SY. The van der Waals surface area contributed by atoms with Crippen LogP contribution in [0.2, 0.25) is 0 Å². The quantitative estimate of drug-likeness (QED) is 0.425. The van der Waals surface area contributed by atoms with Crippen LogP contribution < -0.4 is 10.9 Å². The maximum atomic E-state index is 10.6. The van der Waals surface area contributed by atoms with Gasteiger partial charge in [0.2, 0.25) is 0 Å². The number of nitrogens with one attached hydrogen (secondary N) is 2. The maximum absolute atomic E-state index is 10.6. The van der Waals surface area contributed by atoms with Crippen LogP contribution in [-0.2, 0) is 43.1 Å². The Bertz CT molecular complexity index is 154. The molecule has 0 saturated heterocycles. The fourth-order valence-corrected chi connectivity index (χ4v) is 0.742. The van der Waals surface area contributed by atoms with Crippen LogP contribution in [0.5, 0.6) is 0 Å². The number of amides is 2. The van der Waals surface area contributed by atoms with E-state index in [1.54, 1.807) is 0 Å². The topological polar surface area (TPSA) is 67.4 Å². The van der Waals surface area contributed by atoms with Crippen LogP contribution in [0.3, 0.4) is 0 Å². The minimum absolute atomic E-state index is 0.0188. The summed E-state index contributed by atoms with van der Waals surface area (Å²) in [7, 11) is 0. The van der Waals surface area contributed by atoms with Crippen molar-refractivity contribution in [1.29, 1.82) is 0 Å². The molecule has 0 aromatic rings. The second kappa shape index (κ2) is 7.03. The van der Waals surface area contributed by atoms with Crippen LogP contribution in [0.4, 0.5) is 0 Å². The number of thiol groups is 1. The molecule has 0 unspecified atom stereocenters. The average molecular weight is 252 g/mol. The Labute approximate surface area is 90.3 Å². The zero-order valence-corrected chi connectivity index (χ0v) is 9.40. The van der Waals surface area contributed by atoms with Crippen molar-refractivity contribution >= 4 is 24.4 Å². The summed E-state index contributed by atoms with van der Waals surface area (Å²) in [5, 5.41) is 0. The van der Waals surface area contributed by atoms with Crippen molar-refractivity contribution in [2.45, 2.75) is 0 Å². The fourth-order valence-electron chi connectivity index (χ4n) is 0.291. The second-order valence-corrected chi connectivity index (χ2v) is 2.70. The molecule has 7 heteroatoms. The third-order valence-electron chi connectivity index (χ3n) is 0.699. The molecule has 0 aliphatic heterocycles. The van der Waals surface area contributed by atoms with Crippen LogP contribution in [0, 0.1) is 0 Å². The Balaban J connectivity index is 3.38. The molecule has 11 heavy (non-hydrogen) atoms. The SMILES string of the molecule is O=C(CS)NNC(=O)C[O][Y]. The zero-order valence-electron chi connectivity index (χ0n) is 5.66. The van der Waals surface area contributed by atoms with E-state index in [0.717, 1.165) is 0 Å². The van der Waals surface area contributed by atoms with Crippen molar-refractivity contribution in [3.05, 3.63) is 0 Å². The van der Waals surface area contributed by atoms with Gasteiger partial charge in [-0.3, -0.25) is 0 Å². The summed E-state index contributed by atoms with van der Waals surface area (Å²) in [5.41, 5.74) is 4.28. The summed E-state index contributed by atoms with van der Waals surface area (Å²) in [4.78, 5) is 21.1. The number of hydrazine groups is 1. The molecular weight excluding hydrogens is 245 g/mol. The standard InChI is InChI=1S/C4H7N2O3S.Y/c7-1-3(8)5-6-4(9)2-10;/h10H,1-2H2,(H,5,8)(H,6,9);/q-1;+1. The van der Waals surface area contributed by atoms with Crippen LogP contribution in [-0.4, -0.2) is 24.2 Å². The van der Waals surface area contributed by atoms with Gasteiger partial charge in [0.1, 0.15) is 0 Å². The van der Waals surface area contributed by atoms with Crippen molar-refractivity contribution in [3.8, 4) is 0 Å². The van der Waals surface area contributed by atoms with Gasteiger partial charge in [0, 0.05) is 0 Å². The third-order valence-corrected chi connectivity index (χ3v) is 1.40. The molecule has 0 heterocycles. The van der Waals surface area contributed by atoms with Gasteiger partial charge in [-0.1, -0.05) is 0 Å². The van der Waals surface area contributed by atoms with E-state index < -0.39 is 0 Å². The Morgan fingerprint density at radius 1 is 1.36 bits per heavy atom. The monoisotopic (exact) mass is 252 g/mol. The van der Waals surface area contributed by atoms with Gasteiger partial charge in [0.25, 0.3) is 0 Å². The third kappa shape index (κ3) is 6.74. The number of hydrogen-bond donors (Lipinski definition) is 3. The first-order chi connectivity index (χ1) is 5.20.